The number of nitrogens with zero attached hydrogens (tertiary/aromatic N) is 2. The van der Waals surface area contributed by atoms with Crippen molar-refractivity contribution >= 4 is 0 Å². The van der Waals surface area contributed by atoms with Crippen molar-refractivity contribution in [3.63, 3.8) is 0 Å². The second-order valence-corrected chi connectivity index (χ2v) is 6.88. The van der Waals surface area contributed by atoms with E-state index in [0.29, 0.717) is 5.69 Å². The van der Waals surface area contributed by atoms with Crippen LogP contribution >= 0.6 is 0 Å². The van der Waals surface area contributed by atoms with Crippen LogP contribution in [0.25, 0.3) is 28.2 Å². The van der Waals surface area contributed by atoms with E-state index in [1.165, 1.54) is 12.1 Å². The van der Waals surface area contributed by atoms with Crippen molar-refractivity contribution in [2.24, 2.45) is 0 Å². The Kier molecular flexibility index (Phi) is 5.53. The Hall–Kier alpha value is -3.60. The predicted molar refractivity (Wildman–Crippen MR) is 117 cm³/mol. The number of rotatable bonds is 6. The smallest absolute Gasteiger partial charge is 0.125 e. The molecule has 0 spiro atoms. The Bertz CT molecular complexity index is 1150. The van der Waals surface area contributed by atoms with E-state index in [9.17, 15) is 4.39 Å². The van der Waals surface area contributed by atoms with Gasteiger partial charge in [0.2, 0.25) is 0 Å². The Labute approximate surface area is 175 Å². The van der Waals surface area contributed by atoms with Gasteiger partial charge in [-0.25, -0.2) is 9.07 Å². The topological polar surface area (TPSA) is 36.3 Å². The zero-order chi connectivity index (χ0) is 21.1. The number of hydrogen-bond acceptors (Lipinski definition) is 3. The third kappa shape index (κ3) is 3.66. The molecule has 30 heavy (non-hydrogen) atoms. The molecule has 4 aromatic rings. The first-order valence-corrected chi connectivity index (χ1v) is 9.81. The molecule has 0 unspecified atom stereocenters. The van der Waals surface area contributed by atoms with E-state index >= 15 is 0 Å². The maximum absolute atomic E-state index is 14.0. The lowest BCUT2D eigenvalue weighted by Gasteiger charge is -2.10. The minimum Gasteiger partial charge on any atom is -0.497 e. The molecule has 0 aliphatic carbocycles. The largest absolute Gasteiger partial charge is 0.497 e. The van der Waals surface area contributed by atoms with Crippen molar-refractivity contribution in [2.45, 2.75) is 13.3 Å². The van der Waals surface area contributed by atoms with Gasteiger partial charge < -0.3 is 9.47 Å². The van der Waals surface area contributed by atoms with E-state index in [0.717, 1.165) is 46.0 Å². The highest BCUT2D eigenvalue weighted by Crippen LogP contribution is 2.36. The van der Waals surface area contributed by atoms with Gasteiger partial charge in [0.05, 0.1) is 31.3 Å². The molecule has 5 heteroatoms. The van der Waals surface area contributed by atoms with Crippen LogP contribution in [-0.4, -0.2) is 24.0 Å². The molecule has 1 heterocycles. The molecule has 0 bridgehead atoms. The summed E-state index contributed by atoms with van der Waals surface area (Å²) in [5, 5.41) is 4.91. The van der Waals surface area contributed by atoms with Crippen LogP contribution < -0.4 is 9.47 Å². The van der Waals surface area contributed by atoms with Gasteiger partial charge in [-0.2, -0.15) is 5.10 Å². The fourth-order valence-corrected chi connectivity index (χ4v) is 3.61. The number of halogens is 1. The Morgan fingerprint density at radius 2 is 1.43 bits per heavy atom. The normalized spacial score (nSPS) is 10.8. The molecule has 3 aromatic carbocycles. The molecule has 152 valence electrons. The molecule has 0 aliphatic heterocycles. The number of benzene rings is 3. The molecule has 0 saturated heterocycles. The van der Waals surface area contributed by atoms with Crippen LogP contribution in [-0.2, 0) is 6.42 Å². The van der Waals surface area contributed by atoms with Crippen molar-refractivity contribution in [2.75, 3.05) is 14.2 Å². The molecule has 0 aliphatic rings. The van der Waals surface area contributed by atoms with Gasteiger partial charge in [-0.05, 0) is 73.2 Å². The molecule has 4 rings (SSSR count). The fraction of sp³-hybridized carbons (Fsp3) is 0.160. The van der Waals surface area contributed by atoms with Crippen LogP contribution in [0.3, 0.4) is 0 Å². The van der Waals surface area contributed by atoms with E-state index in [1.54, 1.807) is 20.3 Å². The van der Waals surface area contributed by atoms with E-state index < -0.39 is 0 Å². The minimum atomic E-state index is -0.298. The number of hydrogen-bond donors (Lipinski definition) is 0. The average molecular weight is 402 g/mol. The quantitative estimate of drug-likeness (QED) is 0.401. The molecular formula is C25H23FN2O2. The highest BCUT2D eigenvalue weighted by molar-refractivity contribution is 5.76. The van der Waals surface area contributed by atoms with Crippen LogP contribution in [0.1, 0.15) is 12.5 Å². The van der Waals surface area contributed by atoms with Crippen molar-refractivity contribution in [3.05, 3.63) is 84.2 Å². The predicted octanol–water partition coefficient (Wildman–Crippen LogP) is 5.93. The molecule has 4 nitrogen and oxygen atoms in total. The maximum atomic E-state index is 14.0. The second kappa shape index (κ2) is 8.41. The third-order valence-corrected chi connectivity index (χ3v) is 5.12. The van der Waals surface area contributed by atoms with Gasteiger partial charge >= 0.3 is 0 Å². The van der Waals surface area contributed by atoms with Crippen LogP contribution in [0.15, 0.2) is 72.8 Å². The van der Waals surface area contributed by atoms with Crippen molar-refractivity contribution < 1.29 is 13.9 Å². The fourth-order valence-electron chi connectivity index (χ4n) is 3.61. The molecule has 0 amide bonds. The summed E-state index contributed by atoms with van der Waals surface area (Å²) in [5.74, 6) is 1.27. The summed E-state index contributed by atoms with van der Waals surface area (Å²) in [6, 6.07) is 22.2. The summed E-state index contributed by atoms with van der Waals surface area (Å²) >= 11 is 0. The lowest BCUT2D eigenvalue weighted by molar-refractivity contribution is 0.414. The lowest BCUT2D eigenvalue weighted by Crippen LogP contribution is -2.00. The number of ether oxygens (including phenoxy) is 2. The van der Waals surface area contributed by atoms with Crippen LogP contribution in [0.4, 0.5) is 4.39 Å². The maximum Gasteiger partial charge on any atom is 0.125 e. The first-order valence-electron chi connectivity index (χ1n) is 9.81. The zero-order valence-corrected chi connectivity index (χ0v) is 17.2. The monoisotopic (exact) mass is 402 g/mol. The third-order valence-electron chi connectivity index (χ3n) is 5.12. The Balaban J connectivity index is 1.95. The average Bonchev–Trinajstić information content (AvgIpc) is 3.19. The summed E-state index contributed by atoms with van der Waals surface area (Å²) in [4.78, 5) is 0. The van der Waals surface area contributed by atoms with E-state index in [2.05, 4.69) is 6.92 Å². The molecule has 0 atom stereocenters. The van der Waals surface area contributed by atoms with Gasteiger partial charge in [0.15, 0.2) is 0 Å². The standard InChI is InChI=1S/C25H23FN2O2/c1-4-23-24(17-8-12-21(29-2)13-9-17)27-28(20-7-5-6-19(26)16-20)25(23)18-10-14-22(30-3)15-11-18/h5-16H,4H2,1-3H3. The summed E-state index contributed by atoms with van der Waals surface area (Å²) in [6.07, 6.45) is 0.776. The van der Waals surface area contributed by atoms with Crippen molar-refractivity contribution in [1.82, 2.24) is 9.78 Å². The lowest BCUT2D eigenvalue weighted by atomic mass is 9.99. The molecule has 0 N–H and O–H groups in total. The SMILES string of the molecule is CCc1c(-c2ccc(OC)cc2)nn(-c2cccc(F)c2)c1-c1ccc(OC)cc1. The summed E-state index contributed by atoms with van der Waals surface area (Å²) in [5.41, 5.74) is 5.55. The zero-order valence-electron chi connectivity index (χ0n) is 17.2. The number of methoxy groups -OCH3 is 2. The van der Waals surface area contributed by atoms with Gasteiger partial charge in [-0.3, -0.25) is 0 Å². The highest BCUT2D eigenvalue weighted by Gasteiger charge is 2.21. The van der Waals surface area contributed by atoms with Gasteiger partial charge in [-0.15, -0.1) is 0 Å². The second-order valence-electron chi connectivity index (χ2n) is 6.88. The highest BCUT2D eigenvalue weighted by atomic mass is 19.1. The van der Waals surface area contributed by atoms with Crippen LogP contribution in [0.2, 0.25) is 0 Å². The molecule has 1 aromatic heterocycles. The van der Waals surface area contributed by atoms with Gasteiger partial charge in [0.25, 0.3) is 0 Å². The van der Waals surface area contributed by atoms with E-state index in [-0.39, 0.29) is 5.82 Å². The van der Waals surface area contributed by atoms with Gasteiger partial charge in [0, 0.05) is 16.7 Å². The summed E-state index contributed by atoms with van der Waals surface area (Å²) in [7, 11) is 3.29. The molecule has 0 saturated carbocycles. The molecule has 0 radical (unpaired) electrons. The van der Waals surface area contributed by atoms with Crippen LogP contribution in [0.5, 0.6) is 11.5 Å². The first-order chi connectivity index (χ1) is 14.6. The van der Waals surface area contributed by atoms with E-state index in [4.69, 9.17) is 14.6 Å². The summed E-state index contributed by atoms with van der Waals surface area (Å²) in [6.45, 7) is 2.10. The minimum absolute atomic E-state index is 0.298. The van der Waals surface area contributed by atoms with Crippen molar-refractivity contribution in [1.29, 1.82) is 0 Å². The first kappa shape index (κ1) is 19.7. The Morgan fingerprint density at radius 3 is 1.97 bits per heavy atom. The van der Waals surface area contributed by atoms with Gasteiger partial charge in [0.1, 0.15) is 17.3 Å². The van der Waals surface area contributed by atoms with Crippen LogP contribution in [0, 0.1) is 5.82 Å². The van der Waals surface area contributed by atoms with Crippen molar-refractivity contribution in [3.8, 4) is 39.7 Å². The van der Waals surface area contributed by atoms with E-state index in [1.807, 2.05) is 59.3 Å². The molecule has 0 fully saturated rings. The van der Waals surface area contributed by atoms with Gasteiger partial charge in [-0.1, -0.05) is 13.0 Å². The summed E-state index contributed by atoms with van der Waals surface area (Å²) < 4.78 is 26.4. The molecular weight excluding hydrogens is 379 g/mol. The number of aromatic nitrogens is 2. The Morgan fingerprint density at radius 1 is 0.833 bits per heavy atom.